The van der Waals surface area contributed by atoms with E-state index in [0.717, 1.165) is 10.7 Å². The van der Waals surface area contributed by atoms with Crippen molar-refractivity contribution in [2.45, 2.75) is 13.5 Å². The van der Waals surface area contributed by atoms with Gasteiger partial charge in [-0.2, -0.15) is 0 Å². The fraction of sp³-hybridized carbons (Fsp3) is 0.200. The first-order valence-electron chi connectivity index (χ1n) is 4.63. The van der Waals surface area contributed by atoms with Gasteiger partial charge in [0.2, 0.25) is 5.76 Å². The summed E-state index contributed by atoms with van der Waals surface area (Å²) in [6.45, 7) is 2.46. The summed E-state index contributed by atoms with van der Waals surface area (Å²) in [7, 11) is 0. The Kier molecular flexibility index (Phi) is 2.91. The Labute approximate surface area is 95.7 Å². The van der Waals surface area contributed by atoms with Crippen LogP contribution in [-0.4, -0.2) is 16.1 Å². The number of anilines is 1. The minimum atomic E-state index is -1.07. The molecule has 16 heavy (non-hydrogen) atoms. The molecule has 0 amide bonds. The van der Waals surface area contributed by atoms with E-state index in [4.69, 9.17) is 9.52 Å². The number of carbonyl (C=O) groups is 1. The van der Waals surface area contributed by atoms with Gasteiger partial charge in [-0.25, -0.2) is 9.78 Å². The van der Waals surface area contributed by atoms with Gasteiger partial charge in [0.25, 0.3) is 0 Å². The second-order valence-electron chi connectivity index (χ2n) is 3.21. The van der Waals surface area contributed by atoms with Gasteiger partial charge in [-0.05, 0) is 13.0 Å². The fourth-order valence-electron chi connectivity index (χ4n) is 1.19. The third kappa shape index (κ3) is 2.40. The van der Waals surface area contributed by atoms with Crippen molar-refractivity contribution in [1.82, 2.24) is 4.98 Å². The average molecular weight is 238 g/mol. The van der Waals surface area contributed by atoms with Crippen LogP contribution in [-0.2, 0) is 6.54 Å². The third-order valence-corrected chi connectivity index (χ3v) is 2.86. The zero-order valence-electron chi connectivity index (χ0n) is 8.56. The lowest BCUT2D eigenvalue weighted by Gasteiger charge is -1.98. The molecule has 0 aliphatic carbocycles. The van der Waals surface area contributed by atoms with Gasteiger partial charge < -0.3 is 14.8 Å². The van der Waals surface area contributed by atoms with Crippen LogP contribution < -0.4 is 5.32 Å². The summed E-state index contributed by atoms with van der Waals surface area (Å²) in [6, 6.07) is 3.00. The Hall–Kier alpha value is -1.82. The van der Waals surface area contributed by atoms with Crippen molar-refractivity contribution in [2.24, 2.45) is 0 Å². The molecule has 2 rings (SSSR count). The Bertz CT molecular complexity index is 504. The summed E-state index contributed by atoms with van der Waals surface area (Å²) in [6.07, 6.45) is 0. The van der Waals surface area contributed by atoms with Crippen LogP contribution >= 0.6 is 11.3 Å². The molecule has 0 atom stereocenters. The Morgan fingerprint density at radius 2 is 2.44 bits per heavy atom. The number of carboxylic acid groups (broad SMARTS) is 1. The minimum absolute atomic E-state index is 0.0715. The molecule has 2 heterocycles. The smallest absolute Gasteiger partial charge is 0.371 e. The largest absolute Gasteiger partial charge is 0.475 e. The molecule has 0 saturated heterocycles. The topological polar surface area (TPSA) is 75.4 Å². The summed E-state index contributed by atoms with van der Waals surface area (Å²) in [4.78, 5) is 14.8. The van der Waals surface area contributed by atoms with Crippen molar-refractivity contribution in [3.05, 3.63) is 34.0 Å². The van der Waals surface area contributed by atoms with Gasteiger partial charge in [-0.1, -0.05) is 0 Å². The van der Waals surface area contributed by atoms with Gasteiger partial charge in [0.15, 0.2) is 5.88 Å². The molecule has 0 unspecified atom stereocenters. The predicted octanol–water partition coefficient (Wildman–Crippen LogP) is 2.35. The van der Waals surface area contributed by atoms with Gasteiger partial charge in [0.1, 0.15) is 5.01 Å². The molecule has 2 aromatic rings. The van der Waals surface area contributed by atoms with Gasteiger partial charge in [0.05, 0.1) is 6.54 Å². The fourth-order valence-corrected chi connectivity index (χ4v) is 1.91. The third-order valence-electron chi connectivity index (χ3n) is 1.90. The molecule has 2 N–H and O–H groups in total. The maximum Gasteiger partial charge on any atom is 0.371 e. The van der Waals surface area contributed by atoms with Crippen LogP contribution in [0.1, 0.15) is 21.3 Å². The molecule has 0 aliphatic rings. The summed E-state index contributed by atoms with van der Waals surface area (Å²) >= 11 is 1.55. The van der Waals surface area contributed by atoms with E-state index in [1.807, 2.05) is 12.3 Å². The molecule has 0 fully saturated rings. The summed E-state index contributed by atoms with van der Waals surface area (Å²) in [5.74, 6) is -0.707. The highest BCUT2D eigenvalue weighted by molar-refractivity contribution is 7.09. The SMILES string of the molecule is Cc1csc(CNc2ccc(C(=O)O)o2)n1. The van der Waals surface area contributed by atoms with E-state index in [-0.39, 0.29) is 5.76 Å². The Morgan fingerprint density at radius 1 is 1.62 bits per heavy atom. The number of aryl methyl sites for hydroxylation is 1. The van der Waals surface area contributed by atoms with E-state index in [9.17, 15) is 4.79 Å². The molecule has 0 radical (unpaired) electrons. The van der Waals surface area contributed by atoms with E-state index < -0.39 is 5.97 Å². The number of hydrogen-bond acceptors (Lipinski definition) is 5. The molecule has 0 saturated carbocycles. The Balaban J connectivity index is 1.97. The number of carboxylic acids is 1. The normalized spacial score (nSPS) is 10.3. The van der Waals surface area contributed by atoms with E-state index in [0.29, 0.717) is 12.4 Å². The number of furan rings is 1. The average Bonchev–Trinajstić information content (AvgIpc) is 2.83. The lowest BCUT2D eigenvalue weighted by atomic mass is 10.4. The number of thiazole rings is 1. The number of hydrogen-bond donors (Lipinski definition) is 2. The van der Waals surface area contributed by atoms with Crippen LogP contribution in [0.5, 0.6) is 0 Å². The lowest BCUT2D eigenvalue weighted by Crippen LogP contribution is -1.98. The first kappa shape index (κ1) is 10.7. The van der Waals surface area contributed by atoms with Gasteiger partial charge in [-0.15, -0.1) is 11.3 Å². The van der Waals surface area contributed by atoms with E-state index in [1.54, 1.807) is 17.4 Å². The highest BCUT2D eigenvalue weighted by atomic mass is 32.1. The Morgan fingerprint density at radius 3 is 3.00 bits per heavy atom. The van der Waals surface area contributed by atoms with Crippen LogP contribution in [0.4, 0.5) is 5.88 Å². The van der Waals surface area contributed by atoms with Crippen LogP contribution in [0.3, 0.4) is 0 Å². The summed E-state index contributed by atoms with van der Waals surface area (Å²) < 4.78 is 5.04. The maximum absolute atomic E-state index is 10.6. The molecule has 0 aromatic carbocycles. The molecule has 2 aromatic heterocycles. The second-order valence-corrected chi connectivity index (χ2v) is 4.15. The molecule has 0 spiro atoms. The highest BCUT2D eigenvalue weighted by Gasteiger charge is 2.08. The van der Waals surface area contributed by atoms with Crippen LogP contribution in [0.2, 0.25) is 0 Å². The summed E-state index contributed by atoms with van der Waals surface area (Å²) in [5, 5.41) is 14.5. The monoisotopic (exact) mass is 238 g/mol. The van der Waals surface area contributed by atoms with Gasteiger partial charge in [-0.3, -0.25) is 0 Å². The van der Waals surface area contributed by atoms with Gasteiger partial charge in [0, 0.05) is 17.1 Å². The number of nitrogens with zero attached hydrogens (tertiary/aromatic N) is 1. The zero-order valence-corrected chi connectivity index (χ0v) is 9.37. The minimum Gasteiger partial charge on any atom is -0.475 e. The van der Waals surface area contributed by atoms with Crippen LogP contribution in [0.15, 0.2) is 21.9 Å². The number of aromatic carboxylic acids is 1. The molecule has 5 nitrogen and oxygen atoms in total. The van der Waals surface area contributed by atoms with E-state index >= 15 is 0 Å². The highest BCUT2D eigenvalue weighted by Crippen LogP contribution is 2.15. The van der Waals surface area contributed by atoms with E-state index in [2.05, 4.69) is 10.3 Å². The van der Waals surface area contributed by atoms with Crippen molar-refractivity contribution in [3.63, 3.8) is 0 Å². The van der Waals surface area contributed by atoms with Crippen LogP contribution in [0, 0.1) is 6.92 Å². The van der Waals surface area contributed by atoms with Crippen molar-refractivity contribution in [2.75, 3.05) is 5.32 Å². The number of nitrogens with one attached hydrogen (secondary N) is 1. The quantitative estimate of drug-likeness (QED) is 0.855. The second kappa shape index (κ2) is 4.36. The van der Waals surface area contributed by atoms with Crippen molar-refractivity contribution in [3.8, 4) is 0 Å². The molecule has 6 heteroatoms. The summed E-state index contributed by atoms with van der Waals surface area (Å²) in [5.41, 5.74) is 0.979. The van der Waals surface area contributed by atoms with Gasteiger partial charge >= 0.3 is 5.97 Å². The van der Waals surface area contributed by atoms with Crippen LogP contribution in [0.25, 0.3) is 0 Å². The van der Waals surface area contributed by atoms with E-state index in [1.165, 1.54) is 6.07 Å². The first-order valence-corrected chi connectivity index (χ1v) is 5.51. The van der Waals surface area contributed by atoms with Crippen molar-refractivity contribution in [1.29, 1.82) is 0 Å². The van der Waals surface area contributed by atoms with Crippen molar-refractivity contribution < 1.29 is 14.3 Å². The maximum atomic E-state index is 10.6. The molecule has 0 bridgehead atoms. The van der Waals surface area contributed by atoms with Crippen molar-refractivity contribution >= 4 is 23.2 Å². The standard InChI is InChI=1S/C10H10N2O3S/c1-6-5-16-9(12-6)4-11-8-3-2-7(15-8)10(13)14/h2-3,5,11H,4H2,1H3,(H,13,14). The number of aromatic nitrogens is 1. The predicted molar refractivity (Wildman–Crippen MR) is 59.8 cm³/mol. The molecule has 0 aliphatic heterocycles. The number of rotatable bonds is 4. The molecular weight excluding hydrogens is 228 g/mol. The zero-order chi connectivity index (χ0) is 11.5. The lowest BCUT2D eigenvalue weighted by molar-refractivity contribution is 0.0663. The molecule has 84 valence electrons. The molecular formula is C10H10N2O3S. The first-order chi connectivity index (χ1) is 7.65.